The van der Waals surface area contributed by atoms with Crippen molar-refractivity contribution >= 4 is 13.6 Å². The number of ether oxygens (including phenoxy) is 2. The van der Waals surface area contributed by atoms with Gasteiger partial charge in [0.25, 0.3) is 6.23 Å². The monoisotopic (exact) mass is 410 g/mol. The Labute approximate surface area is 161 Å². The summed E-state index contributed by atoms with van der Waals surface area (Å²) in [6.07, 6.45) is -2.67. The first-order valence-corrected chi connectivity index (χ1v) is 10.5. The first-order chi connectivity index (χ1) is 13.2. The summed E-state index contributed by atoms with van der Waals surface area (Å²) >= 11 is 0. The van der Waals surface area contributed by atoms with Crippen molar-refractivity contribution in [1.29, 1.82) is 0 Å². The van der Waals surface area contributed by atoms with Gasteiger partial charge in [-0.1, -0.05) is 30.3 Å². The molecule has 2 aromatic rings. The standard InChI is InChI=1S/C18H20NO8P/c1-28(23,24)27-18-15(21)14(20)16(26-18)19-9-5-8-13(10-19)17(22)25-11-12-6-3-2-4-7-12/h2-10,14-16,18,20-21H,11H2,1H3/p+1/t14-,15+,16-,18-/m1/s1. The van der Waals surface area contributed by atoms with Crippen LogP contribution in [0.3, 0.4) is 0 Å². The molecule has 0 saturated carbocycles. The molecule has 3 rings (SSSR count). The van der Waals surface area contributed by atoms with Crippen LogP contribution in [0.5, 0.6) is 0 Å². The van der Waals surface area contributed by atoms with Crippen molar-refractivity contribution in [2.24, 2.45) is 0 Å². The summed E-state index contributed by atoms with van der Waals surface area (Å²) in [5.74, 6) is -0.576. The summed E-state index contributed by atoms with van der Waals surface area (Å²) in [6.45, 7) is 1.05. The molecule has 2 heterocycles. The van der Waals surface area contributed by atoms with Crippen molar-refractivity contribution in [1.82, 2.24) is 0 Å². The molecular weight excluding hydrogens is 389 g/mol. The number of hydrogen-bond acceptors (Lipinski definition) is 7. The number of carbonyl (C=O) groups excluding carboxylic acids is 1. The van der Waals surface area contributed by atoms with Gasteiger partial charge in [-0.2, -0.15) is 4.57 Å². The average molecular weight is 410 g/mol. The molecule has 0 radical (unpaired) electrons. The SMILES string of the molecule is CP(=O)(O)O[C@H]1O[C@@H]([n+]2cccc(C(=O)OCc3ccccc3)c2)[C@H](O)[C@@H]1O. The Balaban J connectivity index is 1.70. The van der Waals surface area contributed by atoms with Crippen LogP contribution in [0.2, 0.25) is 0 Å². The molecule has 0 bridgehead atoms. The molecule has 1 unspecified atom stereocenters. The Kier molecular flexibility index (Phi) is 6.24. The Morgan fingerprint density at radius 1 is 1.18 bits per heavy atom. The van der Waals surface area contributed by atoms with Crippen LogP contribution in [-0.4, -0.2) is 46.2 Å². The number of aromatic nitrogens is 1. The van der Waals surface area contributed by atoms with E-state index >= 15 is 0 Å². The number of pyridine rings is 1. The van der Waals surface area contributed by atoms with Crippen molar-refractivity contribution in [2.75, 3.05) is 6.66 Å². The molecule has 1 fully saturated rings. The lowest BCUT2D eigenvalue weighted by Crippen LogP contribution is -2.46. The molecule has 10 heteroatoms. The van der Waals surface area contributed by atoms with Gasteiger partial charge in [0.15, 0.2) is 18.5 Å². The largest absolute Gasteiger partial charge is 0.457 e. The second kappa shape index (κ2) is 8.48. The Bertz CT molecular complexity index is 871. The number of aliphatic hydroxyl groups is 2. The second-order valence-electron chi connectivity index (χ2n) is 6.39. The zero-order valence-electron chi connectivity index (χ0n) is 15.0. The maximum Gasteiger partial charge on any atom is 0.344 e. The lowest BCUT2D eigenvalue weighted by molar-refractivity contribution is -0.767. The summed E-state index contributed by atoms with van der Waals surface area (Å²) in [6, 6.07) is 12.3. The third-order valence-electron chi connectivity index (χ3n) is 4.06. The highest BCUT2D eigenvalue weighted by molar-refractivity contribution is 7.51. The summed E-state index contributed by atoms with van der Waals surface area (Å²) in [5, 5.41) is 20.2. The minimum absolute atomic E-state index is 0.105. The molecule has 28 heavy (non-hydrogen) atoms. The van der Waals surface area contributed by atoms with Crippen LogP contribution in [0.15, 0.2) is 54.9 Å². The molecule has 0 amide bonds. The molecule has 1 aromatic heterocycles. The maximum absolute atomic E-state index is 12.3. The Morgan fingerprint density at radius 2 is 1.89 bits per heavy atom. The number of aliphatic hydroxyl groups excluding tert-OH is 2. The fourth-order valence-electron chi connectivity index (χ4n) is 2.73. The van der Waals surface area contributed by atoms with E-state index in [0.29, 0.717) is 0 Å². The predicted molar refractivity (Wildman–Crippen MR) is 95.0 cm³/mol. The normalized spacial score (nSPS) is 26.6. The van der Waals surface area contributed by atoms with Crippen LogP contribution >= 0.6 is 7.60 Å². The molecule has 5 atom stereocenters. The molecule has 1 aliphatic rings. The van der Waals surface area contributed by atoms with E-state index in [2.05, 4.69) is 0 Å². The molecular formula is C18H21NO8P+. The number of benzene rings is 1. The van der Waals surface area contributed by atoms with Gasteiger partial charge in [-0.3, -0.25) is 13.8 Å². The van der Waals surface area contributed by atoms with Crippen molar-refractivity contribution < 1.29 is 43.0 Å². The summed E-state index contributed by atoms with van der Waals surface area (Å²) < 4.78 is 28.2. The van der Waals surface area contributed by atoms with Gasteiger partial charge in [0, 0.05) is 12.7 Å². The summed E-state index contributed by atoms with van der Waals surface area (Å²) in [5.41, 5.74) is 1.04. The highest BCUT2D eigenvalue weighted by Gasteiger charge is 2.50. The van der Waals surface area contributed by atoms with E-state index in [1.54, 1.807) is 6.07 Å². The van der Waals surface area contributed by atoms with Gasteiger partial charge in [0.05, 0.1) is 0 Å². The van der Waals surface area contributed by atoms with E-state index in [-0.39, 0.29) is 12.2 Å². The van der Waals surface area contributed by atoms with Crippen LogP contribution in [0.4, 0.5) is 0 Å². The van der Waals surface area contributed by atoms with Gasteiger partial charge in [-0.05, 0) is 11.6 Å². The smallest absolute Gasteiger partial charge is 0.344 e. The van der Waals surface area contributed by atoms with Crippen molar-refractivity contribution in [3.05, 3.63) is 66.0 Å². The predicted octanol–water partition coefficient (Wildman–Crippen LogP) is 0.740. The lowest BCUT2D eigenvalue weighted by Gasteiger charge is -2.15. The molecule has 9 nitrogen and oxygen atoms in total. The van der Waals surface area contributed by atoms with Crippen molar-refractivity contribution in [3.8, 4) is 0 Å². The van der Waals surface area contributed by atoms with E-state index < -0.39 is 38.3 Å². The van der Waals surface area contributed by atoms with Gasteiger partial charge < -0.3 is 19.8 Å². The van der Waals surface area contributed by atoms with Gasteiger partial charge in [0.1, 0.15) is 18.3 Å². The van der Waals surface area contributed by atoms with E-state index in [4.69, 9.17) is 14.0 Å². The fourth-order valence-corrected chi connectivity index (χ4v) is 3.29. The molecule has 1 aliphatic heterocycles. The number of rotatable bonds is 6. The topological polar surface area (TPSA) is 126 Å². The van der Waals surface area contributed by atoms with Gasteiger partial charge >= 0.3 is 13.6 Å². The molecule has 0 aliphatic carbocycles. The summed E-state index contributed by atoms with van der Waals surface area (Å²) in [7, 11) is -3.94. The Hall–Kier alpha value is -2.13. The first kappa shape index (κ1) is 20.6. The van der Waals surface area contributed by atoms with Gasteiger partial charge in [0.2, 0.25) is 6.29 Å². The zero-order chi connectivity index (χ0) is 20.3. The van der Waals surface area contributed by atoms with Crippen molar-refractivity contribution in [2.45, 2.75) is 31.3 Å². The van der Waals surface area contributed by atoms with Crippen LogP contribution in [-0.2, 0) is 25.2 Å². The van der Waals surface area contributed by atoms with Crippen LogP contribution in [0.25, 0.3) is 0 Å². The zero-order valence-corrected chi connectivity index (χ0v) is 15.9. The summed E-state index contributed by atoms with van der Waals surface area (Å²) in [4.78, 5) is 21.6. The highest BCUT2D eigenvalue weighted by atomic mass is 31.2. The number of esters is 1. The number of nitrogens with zero attached hydrogens (tertiary/aromatic N) is 1. The van der Waals surface area contributed by atoms with E-state index in [9.17, 15) is 24.5 Å². The van der Waals surface area contributed by atoms with Gasteiger partial charge in [-0.25, -0.2) is 4.79 Å². The first-order valence-electron chi connectivity index (χ1n) is 8.47. The molecule has 150 valence electrons. The number of carbonyl (C=O) groups is 1. The van der Waals surface area contributed by atoms with Crippen LogP contribution in [0.1, 0.15) is 22.1 Å². The van der Waals surface area contributed by atoms with Gasteiger partial charge in [-0.15, -0.1) is 0 Å². The minimum Gasteiger partial charge on any atom is -0.457 e. The molecule has 1 saturated heterocycles. The Morgan fingerprint density at radius 3 is 2.57 bits per heavy atom. The quantitative estimate of drug-likeness (QED) is 0.362. The molecule has 3 N–H and O–H groups in total. The third kappa shape index (κ3) is 5.02. The fraction of sp³-hybridized carbons (Fsp3) is 0.333. The molecule has 1 aromatic carbocycles. The van der Waals surface area contributed by atoms with Crippen LogP contribution < -0.4 is 4.57 Å². The second-order valence-corrected chi connectivity index (χ2v) is 8.20. The maximum atomic E-state index is 12.3. The number of hydrogen-bond donors (Lipinski definition) is 3. The molecule has 0 spiro atoms. The van der Waals surface area contributed by atoms with E-state index in [1.807, 2.05) is 30.3 Å². The van der Waals surface area contributed by atoms with E-state index in [1.165, 1.54) is 23.0 Å². The van der Waals surface area contributed by atoms with Crippen molar-refractivity contribution in [3.63, 3.8) is 0 Å². The lowest BCUT2D eigenvalue weighted by atomic mass is 10.2. The van der Waals surface area contributed by atoms with Crippen LogP contribution in [0, 0.1) is 0 Å². The minimum atomic E-state index is -3.94. The average Bonchev–Trinajstić information content (AvgIpc) is 2.94. The third-order valence-corrected chi connectivity index (χ3v) is 4.66. The highest BCUT2D eigenvalue weighted by Crippen LogP contribution is 2.42. The van der Waals surface area contributed by atoms with E-state index in [0.717, 1.165) is 12.2 Å².